The number of aromatic nitrogens is 2. The summed E-state index contributed by atoms with van der Waals surface area (Å²) < 4.78 is 15.5. The number of methoxy groups -OCH3 is 1. The van der Waals surface area contributed by atoms with Crippen LogP contribution in [-0.2, 0) is 9.53 Å². The maximum Gasteiger partial charge on any atom is 0.316 e. The van der Waals surface area contributed by atoms with Gasteiger partial charge in [0, 0.05) is 5.56 Å². The third-order valence-corrected chi connectivity index (χ3v) is 3.32. The third kappa shape index (κ3) is 4.49. The molecule has 0 radical (unpaired) electrons. The summed E-state index contributed by atoms with van der Waals surface area (Å²) in [5.74, 6) is 1.03. The van der Waals surface area contributed by atoms with Gasteiger partial charge in [-0.3, -0.25) is 4.79 Å². The first-order valence-electron chi connectivity index (χ1n) is 6.49. The summed E-state index contributed by atoms with van der Waals surface area (Å²) in [6, 6.07) is 7.29. The minimum Gasteiger partial charge on any atom is -0.497 e. The number of carbonyl (C=O) groups excluding carboxylic acids is 1. The van der Waals surface area contributed by atoms with Gasteiger partial charge in [0.15, 0.2) is 0 Å². The van der Waals surface area contributed by atoms with Gasteiger partial charge in [-0.25, -0.2) is 0 Å². The lowest BCUT2D eigenvalue weighted by atomic mass is 10.2. The molecule has 0 aliphatic carbocycles. The highest BCUT2D eigenvalue weighted by Gasteiger charge is 2.11. The Morgan fingerprint density at radius 2 is 2.05 bits per heavy atom. The summed E-state index contributed by atoms with van der Waals surface area (Å²) in [5.41, 5.74) is 0.795. The van der Waals surface area contributed by atoms with E-state index < -0.39 is 0 Å². The van der Waals surface area contributed by atoms with Gasteiger partial charge in [0.1, 0.15) is 11.5 Å². The summed E-state index contributed by atoms with van der Waals surface area (Å²) in [4.78, 5) is 11.4. The summed E-state index contributed by atoms with van der Waals surface area (Å²) in [5, 5.41) is 8.19. The quantitative estimate of drug-likeness (QED) is 0.575. The average Bonchev–Trinajstić information content (AvgIpc) is 3.00. The first kappa shape index (κ1) is 15.4. The Labute approximate surface area is 126 Å². The molecule has 0 unspecified atom stereocenters. The Hall–Kier alpha value is -2.02. The average molecular weight is 308 g/mol. The second-order valence-corrected chi connectivity index (χ2v) is 5.04. The van der Waals surface area contributed by atoms with Gasteiger partial charge in [-0.2, -0.15) is 0 Å². The van der Waals surface area contributed by atoms with E-state index in [9.17, 15) is 4.79 Å². The standard InChI is InChI=1S/C14H16N2O4S/c1-3-8-19-12(17)9-21-14-16-15-13(20-14)10-4-6-11(18-2)7-5-10/h4-7H,3,8-9H2,1-2H3. The number of hydrogen-bond donors (Lipinski definition) is 0. The molecule has 0 N–H and O–H groups in total. The fraction of sp³-hybridized carbons (Fsp3) is 0.357. The molecule has 0 saturated carbocycles. The Kier molecular flexibility index (Phi) is 5.62. The number of ether oxygens (including phenoxy) is 2. The SMILES string of the molecule is CCCOC(=O)CSc1nnc(-c2ccc(OC)cc2)o1. The van der Waals surface area contributed by atoms with Crippen LogP contribution in [0.15, 0.2) is 33.9 Å². The fourth-order valence-electron chi connectivity index (χ4n) is 1.50. The highest BCUT2D eigenvalue weighted by atomic mass is 32.2. The zero-order valence-electron chi connectivity index (χ0n) is 11.9. The van der Waals surface area contributed by atoms with Crippen LogP contribution < -0.4 is 4.74 Å². The lowest BCUT2D eigenvalue weighted by Gasteiger charge is -2.00. The van der Waals surface area contributed by atoms with Crippen molar-refractivity contribution in [3.63, 3.8) is 0 Å². The Morgan fingerprint density at radius 1 is 1.29 bits per heavy atom. The fourth-order valence-corrected chi connectivity index (χ4v) is 2.06. The monoisotopic (exact) mass is 308 g/mol. The minimum absolute atomic E-state index is 0.157. The van der Waals surface area contributed by atoms with Crippen LogP contribution in [0.2, 0.25) is 0 Å². The number of benzene rings is 1. The van der Waals surface area contributed by atoms with Crippen LogP contribution in [0.5, 0.6) is 5.75 Å². The molecular formula is C14H16N2O4S. The molecule has 1 heterocycles. The first-order chi connectivity index (χ1) is 10.2. The molecule has 7 heteroatoms. The Balaban J connectivity index is 1.92. The predicted octanol–water partition coefficient (Wildman–Crippen LogP) is 2.79. The molecule has 0 aliphatic rings. The minimum atomic E-state index is -0.286. The van der Waals surface area contributed by atoms with Crippen LogP contribution in [0.3, 0.4) is 0 Å². The molecule has 0 fully saturated rings. The summed E-state index contributed by atoms with van der Waals surface area (Å²) in [6.07, 6.45) is 0.804. The Morgan fingerprint density at radius 3 is 2.71 bits per heavy atom. The molecule has 2 aromatic rings. The molecule has 2 rings (SSSR count). The van der Waals surface area contributed by atoms with Crippen molar-refractivity contribution in [1.29, 1.82) is 0 Å². The lowest BCUT2D eigenvalue weighted by molar-refractivity contribution is -0.140. The zero-order valence-corrected chi connectivity index (χ0v) is 12.7. The number of esters is 1. The molecule has 0 bridgehead atoms. The van der Waals surface area contributed by atoms with Gasteiger partial charge < -0.3 is 13.9 Å². The molecule has 112 valence electrons. The van der Waals surface area contributed by atoms with Crippen molar-refractivity contribution in [3.8, 4) is 17.2 Å². The molecule has 6 nitrogen and oxygen atoms in total. The molecular weight excluding hydrogens is 292 g/mol. The second-order valence-electron chi connectivity index (χ2n) is 4.11. The smallest absolute Gasteiger partial charge is 0.316 e. The van der Waals surface area contributed by atoms with Crippen molar-refractivity contribution in [2.24, 2.45) is 0 Å². The second kappa shape index (κ2) is 7.68. The maximum absolute atomic E-state index is 11.4. The van der Waals surface area contributed by atoms with Crippen molar-refractivity contribution >= 4 is 17.7 Å². The van der Waals surface area contributed by atoms with Crippen molar-refractivity contribution in [2.75, 3.05) is 19.5 Å². The summed E-state index contributed by atoms with van der Waals surface area (Å²) in [6.45, 7) is 2.37. The van der Waals surface area contributed by atoms with Crippen molar-refractivity contribution in [3.05, 3.63) is 24.3 Å². The maximum atomic E-state index is 11.4. The van der Waals surface area contributed by atoms with E-state index in [2.05, 4.69) is 10.2 Å². The summed E-state index contributed by atoms with van der Waals surface area (Å²) in [7, 11) is 1.61. The molecule has 0 spiro atoms. The van der Waals surface area contributed by atoms with E-state index in [0.717, 1.165) is 29.5 Å². The van der Waals surface area contributed by atoms with Gasteiger partial charge in [0.2, 0.25) is 5.89 Å². The van der Waals surface area contributed by atoms with Gasteiger partial charge in [0.25, 0.3) is 5.22 Å². The lowest BCUT2D eigenvalue weighted by Crippen LogP contribution is -2.07. The molecule has 21 heavy (non-hydrogen) atoms. The van der Waals surface area contributed by atoms with E-state index in [4.69, 9.17) is 13.9 Å². The summed E-state index contributed by atoms with van der Waals surface area (Å²) >= 11 is 1.16. The molecule has 1 aromatic heterocycles. The van der Waals surface area contributed by atoms with Crippen molar-refractivity contribution in [1.82, 2.24) is 10.2 Å². The molecule has 0 aliphatic heterocycles. The van der Waals surface area contributed by atoms with Crippen LogP contribution >= 0.6 is 11.8 Å². The highest BCUT2D eigenvalue weighted by molar-refractivity contribution is 7.99. The number of rotatable bonds is 7. The topological polar surface area (TPSA) is 74.5 Å². The third-order valence-electron chi connectivity index (χ3n) is 2.52. The molecule has 1 aromatic carbocycles. The molecule has 0 saturated heterocycles. The predicted molar refractivity (Wildman–Crippen MR) is 78.3 cm³/mol. The van der Waals surface area contributed by atoms with Gasteiger partial charge in [0.05, 0.1) is 13.7 Å². The van der Waals surface area contributed by atoms with E-state index in [-0.39, 0.29) is 11.7 Å². The number of carbonyl (C=O) groups is 1. The van der Waals surface area contributed by atoms with Gasteiger partial charge >= 0.3 is 5.97 Å². The van der Waals surface area contributed by atoms with Crippen LogP contribution in [-0.4, -0.2) is 35.6 Å². The first-order valence-corrected chi connectivity index (χ1v) is 7.48. The van der Waals surface area contributed by atoms with Gasteiger partial charge in [-0.15, -0.1) is 10.2 Å². The highest BCUT2D eigenvalue weighted by Crippen LogP contribution is 2.24. The Bertz CT molecular complexity index is 583. The van der Waals surface area contributed by atoms with E-state index in [1.807, 2.05) is 31.2 Å². The van der Waals surface area contributed by atoms with E-state index >= 15 is 0 Å². The van der Waals surface area contributed by atoms with Crippen LogP contribution in [0.1, 0.15) is 13.3 Å². The number of hydrogen-bond acceptors (Lipinski definition) is 7. The number of nitrogens with zero attached hydrogens (tertiary/aromatic N) is 2. The number of thioether (sulfide) groups is 1. The van der Waals surface area contributed by atoms with Crippen LogP contribution in [0.25, 0.3) is 11.5 Å². The largest absolute Gasteiger partial charge is 0.497 e. The van der Waals surface area contributed by atoms with Crippen LogP contribution in [0.4, 0.5) is 0 Å². The normalized spacial score (nSPS) is 10.4. The van der Waals surface area contributed by atoms with E-state index in [1.165, 1.54) is 0 Å². The van der Waals surface area contributed by atoms with Crippen LogP contribution in [0, 0.1) is 0 Å². The zero-order chi connectivity index (χ0) is 15.1. The van der Waals surface area contributed by atoms with Gasteiger partial charge in [-0.05, 0) is 30.7 Å². The molecule has 0 atom stereocenters. The van der Waals surface area contributed by atoms with E-state index in [1.54, 1.807) is 7.11 Å². The van der Waals surface area contributed by atoms with E-state index in [0.29, 0.717) is 17.7 Å². The van der Waals surface area contributed by atoms with Crippen molar-refractivity contribution in [2.45, 2.75) is 18.6 Å². The van der Waals surface area contributed by atoms with Crippen molar-refractivity contribution < 1.29 is 18.7 Å². The molecule has 0 amide bonds. The van der Waals surface area contributed by atoms with Gasteiger partial charge in [-0.1, -0.05) is 18.7 Å².